The van der Waals surface area contributed by atoms with Crippen LogP contribution in [0.15, 0.2) is 48.5 Å². The van der Waals surface area contributed by atoms with Gasteiger partial charge >= 0.3 is 0 Å². The zero-order valence-electron chi connectivity index (χ0n) is 16.5. The van der Waals surface area contributed by atoms with Crippen molar-refractivity contribution in [1.82, 2.24) is 10.2 Å². The number of aryl methyl sites for hydroxylation is 1. The molecule has 0 bridgehead atoms. The quantitative estimate of drug-likeness (QED) is 0.704. The molecule has 0 aromatic heterocycles. The molecule has 1 saturated heterocycles. The van der Waals surface area contributed by atoms with Crippen molar-refractivity contribution in [3.05, 3.63) is 65.5 Å². The van der Waals surface area contributed by atoms with Crippen LogP contribution in [0, 0.1) is 11.7 Å². The number of ether oxygens (including phenoxy) is 1. The van der Waals surface area contributed by atoms with Gasteiger partial charge < -0.3 is 10.1 Å². The van der Waals surface area contributed by atoms with E-state index in [4.69, 9.17) is 4.74 Å². The number of likely N-dealkylation sites (tertiary alicyclic amines) is 1. The topological polar surface area (TPSA) is 41.6 Å². The summed E-state index contributed by atoms with van der Waals surface area (Å²) in [5.41, 5.74) is 1.89. The molecule has 0 spiro atoms. The first-order chi connectivity index (χ1) is 13.7. The van der Waals surface area contributed by atoms with Crippen LogP contribution in [0.5, 0.6) is 5.75 Å². The number of carbonyl (C=O) groups is 1. The van der Waals surface area contributed by atoms with E-state index in [2.05, 4.69) is 16.3 Å². The van der Waals surface area contributed by atoms with Crippen LogP contribution in [0.25, 0.3) is 0 Å². The van der Waals surface area contributed by atoms with Crippen LogP contribution in [-0.4, -0.2) is 37.6 Å². The zero-order valence-corrected chi connectivity index (χ0v) is 16.5. The van der Waals surface area contributed by atoms with Crippen molar-refractivity contribution in [2.45, 2.75) is 32.2 Å². The second-order valence-corrected chi connectivity index (χ2v) is 7.35. The number of amides is 1. The number of halogens is 1. The Morgan fingerprint density at radius 1 is 1.11 bits per heavy atom. The predicted molar refractivity (Wildman–Crippen MR) is 109 cm³/mol. The van der Waals surface area contributed by atoms with Gasteiger partial charge in [0.2, 0.25) is 5.91 Å². The number of nitrogens with zero attached hydrogens (tertiary/aromatic N) is 1. The van der Waals surface area contributed by atoms with Crippen LogP contribution in [0.1, 0.15) is 30.4 Å². The second-order valence-electron chi connectivity index (χ2n) is 7.35. The molecule has 1 N–H and O–H groups in total. The van der Waals surface area contributed by atoms with Gasteiger partial charge in [0.25, 0.3) is 0 Å². The number of benzene rings is 2. The fraction of sp³-hybridized carbons (Fsp3) is 0.435. The number of hydrogen-bond acceptors (Lipinski definition) is 3. The Bertz CT molecular complexity index is 773. The van der Waals surface area contributed by atoms with Crippen molar-refractivity contribution >= 4 is 5.91 Å². The highest BCUT2D eigenvalue weighted by atomic mass is 19.1. The molecule has 4 nitrogen and oxygen atoms in total. The van der Waals surface area contributed by atoms with Crippen molar-refractivity contribution in [3.63, 3.8) is 0 Å². The normalized spacial score (nSPS) is 15.4. The van der Waals surface area contributed by atoms with E-state index in [1.165, 1.54) is 11.6 Å². The lowest BCUT2D eigenvalue weighted by molar-refractivity contribution is -0.126. The molecule has 1 heterocycles. The minimum absolute atomic E-state index is 0.0585. The summed E-state index contributed by atoms with van der Waals surface area (Å²) in [5, 5.41) is 3.08. The van der Waals surface area contributed by atoms with Gasteiger partial charge in [-0.25, -0.2) is 4.39 Å². The molecular formula is C23H29FN2O2. The molecule has 2 aromatic carbocycles. The van der Waals surface area contributed by atoms with Gasteiger partial charge in [0.15, 0.2) is 0 Å². The van der Waals surface area contributed by atoms with Crippen LogP contribution in [0.3, 0.4) is 0 Å². The Balaban J connectivity index is 1.36. The van der Waals surface area contributed by atoms with Gasteiger partial charge in [0.1, 0.15) is 11.6 Å². The molecule has 28 heavy (non-hydrogen) atoms. The summed E-state index contributed by atoms with van der Waals surface area (Å²) < 4.78 is 19.2. The second kappa shape index (κ2) is 10.2. The fourth-order valence-electron chi connectivity index (χ4n) is 3.77. The largest absolute Gasteiger partial charge is 0.496 e. The predicted octanol–water partition coefficient (Wildman–Crippen LogP) is 3.80. The Kier molecular flexibility index (Phi) is 7.43. The van der Waals surface area contributed by atoms with E-state index in [9.17, 15) is 9.18 Å². The molecule has 3 rings (SSSR count). The van der Waals surface area contributed by atoms with E-state index in [1.54, 1.807) is 13.2 Å². The molecule has 1 amide bonds. The highest BCUT2D eigenvalue weighted by molar-refractivity contribution is 5.78. The van der Waals surface area contributed by atoms with E-state index in [0.29, 0.717) is 13.1 Å². The van der Waals surface area contributed by atoms with E-state index in [1.807, 2.05) is 30.3 Å². The third-order valence-corrected chi connectivity index (χ3v) is 5.42. The number of para-hydroxylation sites is 1. The molecule has 0 aliphatic carbocycles. The molecule has 0 atom stereocenters. The number of piperidine rings is 1. The molecule has 1 aliphatic heterocycles. The first-order valence-electron chi connectivity index (χ1n) is 10.0. The number of nitrogens with one attached hydrogen (secondary N) is 1. The minimum Gasteiger partial charge on any atom is -0.496 e. The molecule has 0 unspecified atom stereocenters. The van der Waals surface area contributed by atoms with Gasteiger partial charge in [0, 0.05) is 24.6 Å². The maximum absolute atomic E-state index is 13.8. The SMILES string of the molecule is COc1ccccc1CCCNC(=O)C1CCN(Cc2ccccc2F)CC1. The van der Waals surface area contributed by atoms with Gasteiger partial charge in [-0.2, -0.15) is 0 Å². The zero-order chi connectivity index (χ0) is 19.8. The highest BCUT2D eigenvalue weighted by Crippen LogP contribution is 2.21. The Hall–Kier alpha value is -2.40. The fourth-order valence-corrected chi connectivity index (χ4v) is 3.77. The van der Waals surface area contributed by atoms with E-state index >= 15 is 0 Å². The average molecular weight is 384 g/mol. The first-order valence-corrected chi connectivity index (χ1v) is 10.0. The molecule has 0 radical (unpaired) electrons. The molecule has 1 fully saturated rings. The van der Waals surface area contributed by atoms with Gasteiger partial charge in [-0.05, 0) is 56.5 Å². The Labute approximate surface area is 166 Å². The summed E-state index contributed by atoms with van der Waals surface area (Å²) in [6.07, 6.45) is 3.42. The number of carbonyl (C=O) groups excluding carboxylic acids is 1. The Morgan fingerprint density at radius 2 is 1.79 bits per heavy atom. The number of methoxy groups -OCH3 is 1. The molecule has 0 saturated carbocycles. The van der Waals surface area contributed by atoms with Crippen molar-refractivity contribution < 1.29 is 13.9 Å². The van der Waals surface area contributed by atoms with Crippen molar-refractivity contribution in [2.75, 3.05) is 26.7 Å². The van der Waals surface area contributed by atoms with Crippen LogP contribution in [0.2, 0.25) is 0 Å². The molecule has 5 heteroatoms. The van der Waals surface area contributed by atoms with Crippen molar-refractivity contribution in [1.29, 1.82) is 0 Å². The monoisotopic (exact) mass is 384 g/mol. The summed E-state index contributed by atoms with van der Waals surface area (Å²) in [5.74, 6) is 0.946. The van der Waals surface area contributed by atoms with Crippen LogP contribution in [-0.2, 0) is 17.8 Å². The van der Waals surface area contributed by atoms with Gasteiger partial charge in [0.05, 0.1) is 7.11 Å². The summed E-state index contributed by atoms with van der Waals surface area (Å²) in [4.78, 5) is 14.7. The summed E-state index contributed by atoms with van der Waals surface area (Å²) in [7, 11) is 1.68. The van der Waals surface area contributed by atoms with Crippen LogP contribution >= 0.6 is 0 Å². The van der Waals surface area contributed by atoms with Gasteiger partial charge in [-0.3, -0.25) is 9.69 Å². The van der Waals surface area contributed by atoms with Crippen LogP contribution in [0.4, 0.5) is 4.39 Å². The molecule has 1 aliphatic rings. The lowest BCUT2D eigenvalue weighted by Crippen LogP contribution is -2.40. The number of rotatable bonds is 8. The Morgan fingerprint density at radius 3 is 2.50 bits per heavy atom. The first kappa shape index (κ1) is 20.3. The van der Waals surface area contributed by atoms with Gasteiger partial charge in [-0.15, -0.1) is 0 Å². The maximum atomic E-state index is 13.8. The third-order valence-electron chi connectivity index (χ3n) is 5.42. The maximum Gasteiger partial charge on any atom is 0.223 e. The highest BCUT2D eigenvalue weighted by Gasteiger charge is 2.25. The van der Waals surface area contributed by atoms with E-state index in [0.717, 1.165) is 50.1 Å². The third kappa shape index (κ3) is 5.55. The van der Waals surface area contributed by atoms with Crippen LogP contribution < -0.4 is 10.1 Å². The standard InChI is InChI=1S/C23H29FN2O2/c1-28-22-11-5-3-7-18(22)9-6-14-25-23(27)19-12-15-26(16-13-19)17-20-8-2-4-10-21(20)24/h2-5,7-8,10-11,19H,6,9,12-17H2,1H3,(H,25,27). The summed E-state index contributed by atoms with van der Waals surface area (Å²) in [6.45, 7) is 2.94. The van der Waals surface area contributed by atoms with E-state index in [-0.39, 0.29) is 17.6 Å². The molecular weight excluding hydrogens is 355 g/mol. The number of hydrogen-bond donors (Lipinski definition) is 1. The summed E-state index contributed by atoms with van der Waals surface area (Å²) in [6, 6.07) is 14.9. The van der Waals surface area contributed by atoms with Crippen molar-refractivity contribution in [2.24, 2.45) is 5.92 Å². The van der Waals surface area contributed by atoms with Gasteiger partial charge in [-0.1, -0.05) is 36.4 Å². The summed E-state index contributed by atoms with van der Waals surface area (Å²) >= 11 is 0. The smallest absolute Gasteiger partial charge is 0.223 e. The lowest BCUT2D eigenvalue weighted by Gasteiger charge is -2.31. The molecule has 150 valence electrons. The van der Waals surface area contributed by atoms with E-state index < -0.39 is 0 Å². The van der Waals surface area contributed by atoms with Crippen molar-refractivity contribution in [3.8, 4) is 5.75 Å². The minimum atomic E-state index is -0.155. The molecule has 2 aromatic rings. The lowest BCUT2D eigenvalue weighted by atomic mass is 9.95. The average Bonchev–Trinajstić information content (AvgIpc) is 2.73.